The lowest BCUT2D eigenvalue weighted by molar-refractivity contribution is -0.137. The van der Waals surface area contributed by atoms with Crippen molar-refractivity contribution in [3.63, 3.8) is 0 Å². The second-order valence-corrected chi connectivity index (χ2v) is 7.93. The minimum Gasteiger partial charge on any atom is -0.349 e. The van der Waals surface area contributed by atoms with Crippen LogP contribution >= 0.6 is 0 Å². The van der Waals surface area contributed by atoms with Gasteiger partial charge in [-0.2, -0.15) is 23.0 Å². The van der Waals surface area contributed by atoms with Gasteiger partial charge in [0.25, 0.3) is 11.5 Å². The lowest BCUT2D eigenvalue weighted by Crippen LogP contribution is -2.40. The van der Waals surface area contributed by atoms with E-state index in [1.54, 1.807) is 12.1 Å². The van der Waals surface area contributed by atoms with Crippen molar-refractivity contribution in [2.45, 2.75) is 38.4 Å². The van der Waals surface area contributed by atoms with Crippen LogP contribution in [0.25, 0.3) is 16.9 Å². The number of hydrogen-bond acceptors (Lipinski definition) is 4. The third kappa shape index (κ3) is 4.42. The predicted octanol–water partition coefficient (Wildman–Crippen LogP) is 4.23. The summed E-state index contributed by atoms with van der Waals surface area (Å²) in [6.07, 6.45) is 1.32. The molecular weight excluding hydrogens is 421 g/mol. The molecule has 1 aliphatic rings. The van der Waals surface area contributed by atoms with E-state index in [-0.39, 0.29) is 17.3 Å². The zero-order chi connectivity index (χ0) is 22.9. The van der Waals surface area contributed by atoms with Crippen molar-refractivity contribution in [3.8, 4) is 16.9 Å². The fourth-order valence-electron chi connectivity index (χ4n) is 3.89. The van der Waals surface area contributed by atoms with E-state index in [0.717, 1.165) is 36.1 Å². The molecule has 0 aliphatic heterocycles. The summed E-state index contributed by atoms with van der Waals surface area (Å²) >= 11 is 0. The number of carbonyl (C=O) groups excluding carboxylic acids is 1. The lowest BCUT2D eigenvalue weighted by atomic mass is 10.0. The number of nitrogens with zero attached hydrogens (tertiary/aromatic N) is 3. The van der Waals surface area contributed by atoms with Gasteiger partial charge in [0.1, 0.15) is 5.56 Å². The van der Waals surface area contributed by atoms with Crippen LogP contribution in [0.3, 0.4) is 0 Å². The Labute approximate surface area is 182 Å². The summed E-state index contributed by atoms with van der Waals surface area (Å²) in [5, 5.41) is 7.23. The number of rotatable bonds is 4. The SMILES string of the molecule is C[C@@H]1CCC[C@H]1NC(=O)c1cc(-c2ccc(C(F)(F)F)cc2)nn(-c2cccnc2)c1=O. The van der Waals surface area contributed by atoms with Gasteiger partial charge in [0.05, 0.1) is 23.1 Å². The monoisotopic (exact) mass is 442 g/mol. The smallest absolute Gasteiger partial charge is 0.349 e. The third-order valence-electron chi connectivity index (χ3n) is 5.73. The van der Waals surface area contributed by atoms with E-state index in [4.69, 9.17) is 0 Å². The highest BCUT2D eigenvalue weighted by Gasteiger charge is 2.30. The summed E-state index contributed by atoms with van der Waals surface area (Å²) in [6.45, 7) is 2.05. The number of halogens is 3. The van der Waals surface area contributed by atoms with Gasteiger partial charge in [-0.3, -0.25) is 14.6 Å². The Kier molecular flexibility index (Phi) is 5.82. The molecule has 6 nitrogen and oxygen atoms in total. The van der Waals surface area contributed by atoms with Crippen LogP contribution in [0.15, 0.2) is 59.7 Å². The molecule has 0 unspecified atom stereocenters. The van der Waals surface area contributed by atoms with E-state index in [2.05, 4.69) is 15.4 Å². The number of pyridine rings is 1. The highest BCUT2D eigenvalue weighted by atomic mass is 19.4. The maximum Gasteiger partial charge on any atom is 0.416 e. The normalized spacial score (nSPS) is 18.5. The first-order chi connectivity index (χ1) is 15.2. The van der Waals surface area contributed by atoms with E-state index in [0.29, 0.717) is 17.2 Å². The van der Waals surface area contributed by atoms with Gasteiger partial charge in [-0.15, -0.1) is 0 Å². The summed E-state index contributed by atoms with van der Waals surface area (Å²) in [4.78, 5) is 30.1. The summed E-state index contributed by atoms with van der Waals surface area (Å²) < 4.78 is 39.9. The van der Waals surface area contributed by atoms with Crippen molar-refractivity contribution in [1.82, 2.24) is 20.1 Å². The van der Waals surface area contributed by atoms with Crippen molar-refractivity contribution < 1.29 is 18.0 Å². The second kappa shape index (κ2) is 8.57. The van der Waals surface area contributed by atoms with Crippen LogP contribution in [0.5, 0.6) is 0 Å². The van der Waals surface area contributed by atoms with Gasteiger partial charge in [0, 0.05) is 17.8 Å². The summed E-state index contributed by atoms with van der Waals surface area (Å²) in [5.41, 5.74) is -0.662. The molecule has 0 saturated heterocycles. The number of nitrogens with one attached hydrogen (secondary N) is 1. The molecule has 32 heavy (non-hydrogen) atoms. The van der Waals surface area contributed by atoms with Crippen LogP contribution in [0, 0.1) is 5.92 Å². The molecule has 0 bridgehead atoms. The van der Waals surface area contributed by atoms with Crippen LogP contribution in [0.4, 0.5) is 13.2 Å². The van der Waals surface area contributed by atoms with Gasteiger partial charge in [0.15, 0.2) is 0 Å². The van der Waals surface area contributed by atoms with Crippen molar-refractivity contribution in [2.24, 2.45) is 5.92 Å². The molecule has 4 rings (SSSR count). The number of amides is 1. The molecule has 1 aromatic carbocycles. The summed E-state index contributed by atoms with van der Waals surface area (Å²) in [7, 11) is 0. The standard InChI is InChI=1S/C23H21F3N4O2/c1-14-4-2-6-19(14)28-21(31)18-12-20(15-7-9-16(10-8-15)23(24,25)26)29-30(22(18)32)17-5-3-11-27-13-17/h3,5,7-14,19H,2,4,6H2,1H3,(H,28,31)/t14-,19-/m1/s1. The van der Waals surface area contributed by atoms with Crippen molar-refractivity contribution in [3.05, 3.63) is 76.3 Å². The number of aromatic nitrogens is 3. The van der Waals surface area contributed by atoms with Gasteiger partial charge in [-0.1, -0.05) is 25.5 Å². The molecule has 9 heteroatoms. The van der Waals surface area contributed by atoms with E-state index in [1.807, 2.05) is 6.92 Å². The average Bonchev–Trinajstić information content (AvgIpc) is 3.18. The van der Waals surface area contributed by atoms with Crippen molar-refractivity contribution in [2.75, 3.05) is 0 Å². The Bertz CT molecular complexity index is 1170. The first kappa shape index (κ1) is 21.7. The maximum atomic E-state index is 13.1. The maximum absolute atomic E-state index is 13.1. The molecule has 0 spiro atoms. The molecule has 0 radical (unpaired) electrons. The topological polar surface area (TPSA) is 76.9 Å². The van der Waals surface area contributed by atoms with Gasteiger partial charge in [-0.25, -0.2) is 0 Å². The minimum atomic E-state index is -4.47. The third-order valence-corrected chi connectivity index (χ3v) is 5.73. The summed E-state index contributed by atoms with van der Waals surface area (Å²) in [5.74, 6) is -0.224. The quantitative estimate of drug-likeness (QED) is 0.656. The molecule has 1 fully saturated rings. The highest BCUT2D eigenvalue weighted by molar-refractivity contribution is 5.95. The Balaban J connectivity index is 1.79. The molecule has 2 heterocycles. The van der Waals surface area contributed by atoms with Crippen LogP contribution < -0.4 is 10.9 Å². The second-order valence-electron chi connectivity index (χ2n) is 7.93. The lowest BCUT2D eigenvalue weighted by Gasteiger charge is -2.18. The predicted molar refractivity (Wildman–Crippen MR) is 112 cm³/mol. The number of carbonyl (C=O) groups is 1. The Morgan fingerprint density at radius 1 is 1.16 bits per heavy atom. The van der Waals surface area contributed by atoms with E-state index in [1.165, 1.54) is 30.6 Å². The number of alkyl halides is 3. The van der Waals surface area contributed by atoms with Gasteiger partial charge < -0.3 is 5.32 Å². The zero-order valence-corrected chi connectivity index (χ0v) is 17.3. The van der Waals surface area contributed by atoms with E-state index in [9.17, 15) is 22.8 Å². The fraction of sp³-hybridized carbons (Fsp3) is 0.304. The van der Waals surface area contributed by atoms with Crippen molar-refractivity contribution in [1.29, 1.82) is 0 Å². The summed E-state index contributed by atoms with van der Waals surface area (Å²) in [6, 6.07) is 8.94. The van der Waals surface area contributed by atoms with Gasteiger partial charge in [-0.05, 0) is 49.1 Å². The molecule has 2 aromatic heterocycles. The number of benzene rings is 1. The number of hydrogen-bond donors (Lipinski definition) is 1. The molecule has 3 aromatic rings. The average molecular weight is 442 g/mol. The van der Waals surface area contributed by atoms with Gasteiger partial charge in [0.2, 0.25) is 0 Å². The zero-order valence-electron chi connectivity index (χ0n) is 17.3. The van der Waals surface area contributed by atoms with Crippen LogP contribution in [0.2, 0.25) is 0 Å². The van der Waals surface area contributed by atoms with Crippen LogP contribution in [0.1, 0.15) is 42.1 Å². The molecule has 1 amide bonds. The molecule has 1 aliphatic carbocycles. The Morgan fingerprint density at radius 2 is 1.91 bits per heavy atom. The first-order valence-corrected chi connectivity index (χ1v) is 10.3. The van der Waals surface area contributed by atoms with E-state index >= 15 is 0 Å². The molecular formula is C23H21F3N4O2. The highest BCUT2D eigenvalue weighted by Crippen LogP contribution is 2.31. The molecule has 1 saturated carbocycles. The Morgan fingerprint density at radius 3 is 2.50 bits per heavy atom. The van der Waals surface area contributed by atoms with Crippen molar-refractivity contribution >= 4 is 5.91 Å². The van der Waals surface area contributed by atoms with E-state index < -0.39 is 23.2 Å². The van der Waals surface area contributed by atoms with Gasteiger partial charge >= 0.3 is 6.18 Å². The van der Waals surface area contributed by atoms with Crippen LogP contribution in [-0.4, -0.2) is 26.7 Å². The molecule has 166 valence electrons. The van der Waals surface area contributed by atoms with Crippen LogP contribution in [-0.2, 0) is 6.18 Å². The molecule has 2 atom stereocenters. The minimum absolute atomic E-state index is 0.0311. The first-order valence-electron chi connectivity index (χ1n) is 10.3. The Hall–Kier alpha value is -3.49. The largest absolute Gasteiger partial charge is 0.416 e. The fourth-order valence-corrected chi connectivity index (χ4v) is 3.89. The molecule has 1 N–H and O–H groups in total.